The third kappa shape index (κ3) is 7.86. The van der Waals surface area contributed by atoms with E-state index in [1.807, 2.05) is 71.4 Å². The van der Waals surface area contributed by atoms with E-state index in [0.29, 0.717) is 12.2 Å². The van der Waals surface area contributed by atoms with Crippen LogP contribution in [0.1, 0.15) is 16.8 Å². The van der Waals surface area contributed by atoms with Crippen LogP contribution in [0.3, 0.4) is 0 Å². The number of hydrogen-bond acceptors (Lipinski definition) is 6. The molecule has 0 fully saturated rings. The summed E-state index contributed by atoms with van der Waals surface area (Å²) < 4.78 is 6.76. The van der Waals surface area contributed by atoms with E-state index < -0.39 is 23.9 Å². The third-order valence-electron chi connectivity index (χ3n) is 5.10. The van der Waals surface area contributed by atoms with Gasteiger partial charge in [-0.3, -0.25) is 14.5 Å². The first-order valence-electron chi connectivity index (χ1n) is 10.8. The Morgan fingerprint density at radius 2 is 1.68 bits per heavy atom. The number of carbonyl (C=O) groups excluding carboxylic acids is 2. The van der Waals surface area contributed by atoms with Crippen LogP contribution in [0.4, 0.5) is 0 Å². The van der Waals surface area contributed by atoms with E-state index in [1.165, 1.54) is 12.0 Å². The zero-order valence-electron chi connectivity index (χ0n) is 19.0. The lowest BCUT2D eigenvalue weighted by Gasteiger charge is -2.22. The molecule has 3 rings (SSSR count). The number of aromatic nitrogens is 2. The molecule has 3 aromatic rings. The molecule has 1 amide bonds. The zero-order valence-corrected chi connectivity index (χ0v) is 19.0. The maximum Gasteiger partial charge on any atom is 0.328 e. The predicted octanol–water partition coefficient (Wildman–Crippen LogP) is 1.72. The molecule has 0 aliphatic rings. The summed E-state index contributed by atoms with van der Waals surface area (Å²) in [7, 11) is 1.25. The lowest BCUT2D eigenvalue weighted by molar-refractivity contribution is -0.145. The highest BCUT2D eigenvalue weighted by molar-refractivity contribution is 5.86. The summed E-state index contributed by atoms with van der Waals surface area (Å²) >= 11 is 0. The van der Waals surface area contributed by atoms with Crippen molar-refractivity contribution in [1.82, 2.24) is 19.8 Å². The topological polar surface area (TPSA) is 114 Å². The van der Waals surface area contributed by atoms with Gasteiger partial charge in [0.15, 0.2) is 0 Å². The first-order chi connectivity index (χ1) is 16.4. The number of nitrogens with zero attached hydrogens (tertiary/aromatic N) is 3. The van der Waals surface area contributed by atoms with Gasteiger partial charge in [-0.15, -0.1) is 0 Å². The summed E-state index contributed by atoms with van der Waals surface area (Å²) in [4.78, 5) is 42.2. The number of imidazole rings is 1. The van der Waals surface area contributed by atoms with Gasteiger partial charge in [-0.1, -0.05) is 60.7 Å². The summed E-state index contributed by atoms with van der Waals surface area (Å²) in [5, 5.41) is 11.9. The van der Waals surface area contributed by atoms with Crippen molar-refractivity contribution >= 4 is 17.8 Å². The lowest BCUT2D eigenvalue weighted by atomic mass is 10.1. The summed E-state index contributed by atoms with van der Waals surface area (Å²) in [6.07, 6.45) is 3.64. The van der Waals surface area contributed by atoms with E-state index >= 15 is 0 Å². The summed E-state index contributed by atoms with van der Waals surface area (Å²) in [5.41, 5.74) is 2.62. The van der Waals surface area contributed by atoms with E-state index in [4.69, 9.17) is 4.74 Å². The van der Waals surface area contributed by atoms with Gasteiger partial charge < -0.3 is 19.7 Å². The smallest absolute Gasteiger partial charge is 0.328 e. The van der Waals surface area contributed by atoms with Crippen LogP contribution in [-0.4, -0.2) is 63.6 Å². The number of benzene rings is 2. The molecule has 0 bridgehead atoms. The molecule has 1 unspecified atom stereocenters. The van der Waals surface area contributed by atoms with Crippen molar-refractivity contribution in [3.8, 4) is 0 Å². The van der Waals surface area contributed by atoms with Crippen LogP contribution in [0, 0.1) is 0 Å². The van der Waals surface area contributed by atoms with Crippen LogP contribution < -0.4 is 5.32 Å². The normalized spacial score (nSPS) is 11.7. The molecule has 0 saturated heterocycles. The van der Waals surface area contributed by atoms with Crippen LogP contribution in [-0.2, 0) is 38.6 Å². The van der Waals surface area contributed by atoms with Crippen LogP contribution >= 0.6 is 0 Å². The molecule has 1 heterocycles. The minimum atomic E-state index is -1.04. The number of amides is 1. The summed E-state index contributed by atoms with van der Waals surface area (Å²) in [5.74, 6) is -2.12. The van der Waals surface area contributed by atoms with E-state index in [-0.39, 0.29) is 26.1 Å². The Kier molecular flexibility index (Phi) is 8.93. The van der Waals surface area contributed by atoms with Gasteiger partial charge in [-0.05, 0) is 11.1 Å². The van der Waals surface area contributed by atoms with Crippen LogP contribution in [0.25, 0.3) is 0 Å². The van der Waals surface area contributed by atoms with Crippen LogP contribution in [0.15, 0.2) is 73.2 Å². The van der Waals surface area contributed by atoms with Gasteiger partial charge in [0.05, 0.1) is 32.2 Å². The molecule has 0 aliphatic heterocycles. The number of carbonyl (C=O) groups is 3. The molecule has 2 N–H and O–H groups in total. The average molecular weight is 465 g/mol. The van der Waals surface area contributed by atoms with Gasteiger partial charge in [0.25, 0.3) is 0 Å². The molecule has 0 spiro atoms. The molecule has 2 aromatic carbocycles. The highest BCUT2D eigenvalue weighted by Crippen LogP contribution is 2.08. The average Bonchev–Trinajstić information content (AvgIpc) is 3.25. The van der Waals surface area contributed by atoms with Crippen molar-refractivity contribution in [2.45, 2.75) is 25.6 Å². The number of methoxy groups -OCH3 is 1. The molecule has 1 aromatic heterocycles. The molecule has 178 valence electrons. The monoisotopic (exact) mass is 464 g/mol. The van der Waals surface area contributed by atoms with Crippen LogP contribution in [0.2, 0.25) is 0 Å². The summed E-state index contributed by atoms with van der Waals surface area (Å²) in [6, 6.07) is 18.2. The molecule has 9 nitrogen and oxygen atoms in total. The number of esters is 1. The quantitative estimate of drug-likeness (QED) is 0.392. The van der Waals surface area contributed by atoms with Gasteiger partial charge in [0.1, 0.15) is 6.04 Å². The highest BCUT2D eigenvalue weighted by atomic mass is 16.5. The van der Waals surface area contributed by atoms with Crippen molar-refractivity contribution in [3.63, 3.8) is 0 Å². The maximum atomic E-state index is 12.7. The van der Waals surface area contributed by atoms with Gasteiger partial charge in [-0.2, -0.15) is 0 Å². The van der Waals surface area contributed by atoms with E-state index in [0.717, 1.165) is 11.1 Å². The largest absolute Gasteiger partial charge is 0.480 e. The van der Waals surface area contributed by atoms with E-state index in [9.17, 15) is 19.5 Å². The molecule has 34 heavy (non-hydrogen) atoms. The van der Waals surface area contributed by atoms with Crippen molar-refractivity contribution < 1.29 is 24.2 Å². The zero-order chi connectivity index (χ0) is 24.3. The fourth-order valence-electron chi connectivity index (χ4n) is 3.58. The first-order valence-corrected chi connectivity index (χ1v) is 10.8. The third-order valence-corrected chi connectivity index (χ3v) is 5.10. The van der Waals surface area contributed by atoms with Crippen molar-refractivity contribution in [3.05, 3.63) is 90.0 Å². The number of hydrogen-bond donors (Lipinski definition) is 2. The van der Waals surface area contributed by atoms with Gasteiger partial charge >= 0.3 is 11.9 Å². The Morgan fingerprint density at radius 3 is 2.29 bits per heavy atom. The number of aliphatic carboxylic acids is 1. The highest BCUT2D eigenvalue weighted by Gasteiger charge is 2.24. The number of rotatable bonds is 12. The number of carboxylic acid groups (broad SMARTS) is 1. The van der Waals surface area contributed by atoms with Gasteiger partial charge in [0, 0.05) is 25.7 Å². The number of ether oxygens (including phenoxy) is 1. The molecular formula is C25H28N4O5. The summed E-state index contributed by atoms with van der Waals surface area (Å²) in [6.45, 7) is 0.423. The molecule has 1 atom stereocenters. The number of carboxylic acids is 1. The molecular weight excluding hydrogens is 436 g/mol. The Morgan fingerprint density at radius 1 is 1.03 bits per heavy atom. The fourth-order valence-corrected chi connectivity index (χ4v) is 3.58. The number of nitrogens with one attached hydrogen (secondary N) is 1. The predicted molar refractivity (Wildman–Crippen MR) is 125 cm³/mol. The minimum absolute atomic E-state index is 0.151. The molecule has 9 heteroatoms. The van der Waals surface area contributed by atoms with E-state index in [2.05, 4.69) is 10.3 Å². The maximum absolute atomic E-state index is 12.7. The molecule has 0 saturated carbocycles. The second-order valence-electron chi connectivity index (χ2n) is 7.89. The minimum Gasteiger partial charge on any atom is -0.480 e. The van der Waals surface area contributed by atoms with Gasteiger partial charge in [0.2, 0.25) is 5.91 Å². The standard InChI is InChI=1S/C25H28N4O5/c1-34-25(33)22(12-21-15-29(18-26-21)14-20-10-6-3-7-11-20)27-23(30)16-28(17-24(31)32)13-19-8-4-2-5-9-19/h2-11,15,18,22H,12-14,16-17H2,1H3,(H,27,30)(H,31,32). The lowest BCUT2D eigenvalue weighted by Crippen LogP contribution is -2.47. The Hall–Kier alpha value is -3.98. The fraction of sp³-hybridized carbons (Fsp3) is 0.280. The second kappa shape index (κ2) is 12.3. The van der Waals surface area contributed by atoms with Crippen molar-refractivity contribution in [2.24, 2.45) is 0 Å². The second-order valence-corrected chi connectivity index (χ2v) is 7.89. The SMILES string of the molecule is COC(=O)C(Cc1cn(Cc2ccccc2)cn1)NC(=O)CN(CC(=O)O)Cc1ccccc1. The van der Waals surface area contributed by atoms with Gasteiger partial charge in [-0.25, -0.2) is 9.78 Å². The van der Waals surface area contributed by atoms with Crippen molar-refractivity contribution in [2.75, 3.05) is 20.2 Å². The van der Waals surface area contributed by atoms with E-state index in [1.54, 1.807) is 6.33 Å². The first kappa shape index (κ1) is 24.7. The molecule has 0 aliphatic carbocycles. The molecule has 0 radical (unpaired) electrons. The van der Waals surface area contributed by atoms with Crippen LogP contribution in [0.5, 0.6) is 0 Å². The Bertz CT molecular complexity index is 1080. The Balaban J connectivity index is 1.62. The Labute approximate surface area is 198 Å². The van der Waals surface area contributed by atoms with Crippen molar-refractivity contribution in [1.29, 1.82) is 0 Å².